The summed E-state index contributed by atoms with van der Waals surface area (Å²) >= 11 is 0. The Hall–Kier alpha value is -1.47. The van der Waals surface area contributed by atoms with E-state index in [1.165, 1.54) is 0 Å². The second-order valence-corrected chi connectivity index (χ2v) is 1.73. The summed E-state index contributed by atoms with van der Waals surface area (Å²) in [4.78, 5) is 4.02. The van der Waals surface area contributed by atoms with Crippen LogP contribution in [-0.4, -0.2) is 11.2 Å². The van der Waals surface area contributed by atoms with Gasteiger partial charge in [0.05, 0.1) is 6.20 Å². The maximum Gasteiger partial charge on any atom is 0.197 e. The van der Waals surface area contributed by atoms with Crippen LogP contribution in [0.5, 0.6) is 0 Å². The van der Waals surface area contributed by atoms with Gasteiger partial charge in [-0.05, 0) is 6.08 Å². The molecule has 0 radical (unpaired) electrons. The van der Waals surface area contributed by atoms with E-state index in [2.05, 4.69) is 16.1 Å². The molecule has 0 fully saturated rings. The monoisotopic (exact) mass is 119 g/mol. The molecule has 3 nitrogen and oxygen atoms in total. The van der Waals surface area contributed by atoms with Crippen LogP contribution in [0.1, 0.15) is 0 Å². The lowest BCUT2D eigenvalue weighted by molar-refractivity contribution is 0.408. The summed E-state index contributed by atoms with van der Waals surface area (Å²) in [7, 11) is 0. The van der Waals surface area contributed by atoms with Crippen molar-refractivity contribution >= 4 is 6.21 Å². The second-order valence-electron chi connectivity index (χ2n) is 1.73. The summed E-state index contributed by atoms with van der Waals surface area (Å²) in [6.07, 6.45) is 7.21. The van der Waals surface area contributed by atoms with E-state index in [4.69, 9.17) is 0 Å². The van der Waals surface area contributed by atoms with E-state index in [-0.39, 0.29) is 0 Å². The molecule has 2 heterocycles. The topological polar surface area (TPSA) is 27.6 Å². The minimum absolute atomic E-state index is 0.817. The van der Waals surface area contributed by atoms with Crippen LogP contribution in [-0.2, 0) is 0 Å². The molecule has 0 unspecified atom stereocenters. The Morgan fingerprint density at radius 1 is 1.67 bits per heavy atom. The molecule has 0 atom stereocenters. The van der Waals surface area contributed by atoms with Crippen molar-refractivity contribution in [2.75, 3.05) is 0 Å². The Labute approximate surface area is 52.7 Å². The number of hydrogen-bond donors (Lipinski definition) is 1. The Morgan fingerprint density at radius 2 is 2.67 bits per heavy atom. The Balaban J connectivity index is 2.41. The Kier molecular flexibility index (Phi) is 0.737. The predicted molar refractivity (Wildman–Crippen MR) is 34.2 cm³/mol. The number of hydrogen-bond acceptors (Lipinski definition) is 3. The SMILES string of the molecule is C1=CNN2C=CC=NC=12. The van der Waals surface area contributed by atoms with Crippen molar-refractivity contribution in [1.82, 2.24) is 10.4 Å². The zero-order valence-electron chi connectivity index (χ0n) is 4.70. The van der Waals surface area contributed by atoms with E-state index in [1.807, 2.05) is 12.3 Å². The van der Waals surface area contributed by atoms with Crippen LogP contribution < -0.4 is 5.43 Å². The lowest BCUT2D eigenvalue weighted by Gasteiger charge is -2.15. The molecule has 3 heteroatoms. The minimum Gasteiger partial charge on any atom is -0.292 e. The summed E-state index contributed by atoms with van der Waals surface area (Å²) in [5, 5.41) is 1.79. The molecule has 2 rings (SSSR count). The molecular formula is C6H5N3. The standard InChI is InChI=1S/C6H5N3/c1-3-7-6-2-4-8-9(6)5-1/h1,3-5,8H. The molecule has 2 aliphatic rings. The number of hydrazine groups is 1. The molecule has 0 aromatic carbocycles. The zero-order chi connectivity index (χ0) is 6.10. The third kappa shape index (κ3) is 0.556. The maximum absolute atomic E-state index is 4.02. The third-order valence-corrected chi connectivity index (χ3v) is 1.15. The first-order valence-corrected chi connectivity index (χ1v) is 2.68. The van der Waals surface area contributed by atoms with Gasteiger partial charge < -0.3 is 0 Å². The van der Waals surface area contributed by atoms with Gasteiger partial charge in [-0.2, -0.15) is 0 Å². The van der Waals surface area contributed by atoms with Crippen molar-refractivity contribution < 1.29 is 0 Å². The smallest absolute Gasteiger partial charge is 0.197 e. The molecule has 0 aliphatic carbocycles. The van der Waals surface area contributed by atoms with Gasteiger partial charge in [-0.25, -0.2) is 10.0 Å². The molecule has 0 saturated carbocycles. The number of rotatable bonds is 0. The van der Waals surface area contributed by atoms with Gasteiger partial charge in [0, 0.05) is 12.4 Å². The van der Waals surface area contributed by atoms with E-state index in [9.17, 15) is 0 Å². The first-order chi connectivity index (χ1) is 4.47. The van der Waals surface area contributed by atoms with Crippen LogP contribution in [0.15, 0.2) is 35.0 Å². The van der Waals surface area contributed by atoms with E-state index in [0.29, 0.717) is 0 Å². The molecule has 0 spiro atoms. The fourth-order valence-electron chi connectivity index (χ4n) is 0.748. The van der Waals surface area contributed by atoms with Gasteiger partial charge in [-0.3, -0.25) is 5.43 Å². The minimum atomic E-state index is 0.817. The molecule has 0 aromatic rings. The van der Waals surface area contributed by atoms with Crippen LogP contribution in [0.3, 0.4) is 0 Å². The maximum atomic E-state index is 4.02. The lowest BCUT2D eigenvalue weighted by Crippen LogP contribution is -2.24. The molecular weight excluding hydrogens is 114 g/mol. The van der Waals surface area contributed by atoms with Gasteiger partial charge in [-0.15, -0.1) is 0 Å². The fourth-order valence-corrected chi connectivity index (χ4v) is 0.748. The normalized spacial score (nSPS) is 19.6. The number of aliphatic imine (C=N–C) groups is 1. The number of fused-ring (bicyclic) bond motifs is 1. The van der Waals surface area contributed by atoms with Crippen LogP contribution in [0.4, 0.5) is 0 Å². The molecule has 0 amide bonds. The molecule has 0 saturated heterocycles. The highest BCUT2D eigenvalue weighted by atomic mass is 15.5. The number of nitrogens with zero attached hydrogens (tertiary/aromatic N) is 2. The van der Waals surface area contributed by atoms with Crippen molar-refractivity contribution in [3.05, 3.63) is 30.0 Å². The van der Waals surface area contributed by atoms with Crippen molar-refractivity contribution in [2.24, 2.45) is 4.99 Å². The highest BCUT2D eigenvalue weighted by Gasteiger charge is 2.07. The average molecular weight is 119 g/mol. The van der Waals surface area contributed by atoms with Gasteiger partial charge in [0.2, 0.25) is 0 Å². The summed E-state index contributed by atoms with van der Waals surface area (Å²) < 4.78 is 0. The zero-order valence-corrected chi connectivity index (χ0v) is 4.70. The first kappa shape index (κ1) is 4.41. The second kappa shape index (κ2) is 1.50. The highest BCUT2D eigenvalue weighted by Crippen LogP contribution is 2.08. The number of nitrogens with one attached hydrogen (secondary N) is 1. The van der Waals surface area contributed by atoms with Crippen molar-refractivity contribution in [3.8, 4) is 0 Å². The van der Waals surface area contributed by atoms with Gasteiger partial charge >= 0.3 is 0 Å². The van der Waals surface area contributed by atoms with Crippen molar-refractivity contribution in [1.29, 1.82) is 0 Å². The molecule has 1 N–H and O–H groups in total. The number of allylic oxidation sites excluding steroid dienone is 1. The molecule has 44 valence electrons. The van der Waals surface area contributed by atoms with Gasteiger partial charge in [0.25, 0.3) is 0 Å². The van der Waals surface area contributed by atoms with Gasteiger partial charge in [0.15, 0.2) is 5.82 Å². The van der Waals surface area contributed by atoms with E-state index in [0.717, 1.165) is 5.82 Å². The van der Waals surface area contributed by atoms with Gasteiger partial charge in [0.1, 0.15) is 0 Å². The first-order valence-electron chi connectivity index (χ1n) is 2.68. The largest absolute Gasteiger partial charge is 0.292 e. The summed E-state index contributed by atoms with van der Waals surface area (Å²) in [5.74, 6) is 0.817. The summed E-state index contributed by atoms with van der Waals surface area (Å²) in [6, 6.07) is 0. The van der Waals surface area contributed by atoms with E-state index < -0.39 is 0 Å². The third-order valence-electron chi connectivity index (χ3n) is 1.15. The molecule has 9 heavy (non-hydrogen) atoms. The predicted octanol–water partition coefficient (Wildman–Crippen LogP) is 0.359. The summed E-state index contributed by atoms with van der Waals surface area (Å²) in [6.45, 7) is 0. The van der Waals surface area contributed by atoms with Crippen LogP contribution in [0.25, 0.3) is 0 Å². The van der Waals surface area contributed by atoms with Crippen LogP contribution in [0, 0.1) is 0 Å². The van der Waals surface area contributed by atoms with Crippen molar-refractivity contribution in [3.63, 3.8) is 0 Å². The quantitative estimate of drug-likeness (QED) is 0.466. The van der Waals surface area contributed by atoms with Gasteiger partial charge in [-0.1, -0.05) is 5.73 Å². The van der Waals surface area contributed by atoms with Crippen LogP contribution in [0.2, 0.25) is 0 Å². The lowest BCUT2D eigenvalue weighted by atomic mass is 10.5. The Morgan fingerprint density at radius 3 is 3.56 bits per heavy atom. The average Bonchev–Trinajstić information content (AvgIpc) is 2.33. The summed E-state index contributed by atoms with van der Waals surface area (Å²) in [5.41, 5.74) is 5.83. The molecule has 2 aliphatic heterocycles. The Bertz CT molecular complexity index is 243. The highest BCUT2D eigenvalue weighted by molar-refractivity contribution is 5.73. The van der Waals surface area contributed by atoms with E-state index in [1.54, 1.807) is 17.4 Å². The van der Waals surface area contributed by atoms with E-state index >= 15 is 0 Å². The molecule has 0 bridgehead atoms. The van der Waals surface area contributed by atoms with Crippen molar-refractivity contribution in [2.45, 2.75) is 0 Å². The van der Waals surface area contributed by atoms with Crippen LogP contribution >= 0.6 is 0 Å². The molecule has 0 aromatic heterocycles. The fraction of sp³-hybridized carbons (Fsp3) is 0.